The maximum absolute atomic E-state index is 13.9. The lowest BCUT2D eigenvalue weighted by Crippen LogP contribution is -2.35. The Bertz CT molecular complexity index is 1210. The molecule has 3 aromatic carbocycles. The summed E-state index contributed by atoms with van der Waals surface area (Å²) in [5.41, 5.74) is 4.88. The van der Waals surface area contributed by atoms with E-state index in [-0.39, 0.29) is 11.8 Å². The van der Waals surface area contributed by atoms with Gasteiger partial charge in [-0.3, -0.25) is 9.59 Å². The molecule has 0 saturated heterocycles. The van der Waals surface area contributed by atoms with Crippen LogP contribution in [0.15, 0.2) is 78.5 Å². The zero-order valence-electron chi connectivity index (χ0n) is 18.8. The Balaban J connectivity index is 1.96. The summed E-state index contributed by atoms with van der Waals surface area (Å²) in [6.07, 6.45) is 0. The van der Waals surface area contributed by atoms with Crippen LogP contribution in [0.3, 0.4) is 0 Å². The van der Waals surface area contributed by atoms with E-state index < -0.39 is 0 Å². The molecule has 5 nitrogen and oxygen atoms in total. The van der Waals surface area contributed by atoms with Crippen molar-refractivity contribution in [3.8, 4) is 5.75 Å². The third kappa shape index (κ3) is 3.56. The van der Waals surface area contributed by atoms with Crippen LogP contribution >= 0.6 is 0 Å². The molecular formula is C27H26N2O3. The molecule has 0 spiro atoms. The Labute approximate surface area is 188 Å². The summed E-state index contributed by atoms with van der Waals surface area (Å²) >= 11 is 0. The molecule has 0 radical (unpaired) electrons. The summed E-state index contributed by atoms with van der Waals surface area (Å²) in [7, 11) is 1.53. The Morgan fingerprint density at radius 2 is 1.56 bits per heavy atom. The van der Waals surface area contributed by atoms with E-state index >= 15 is 0 Å². The van der Waals surface area contributed by atoms with Crippen LogP contribution in [0, 0.1) is 13.8 Å². The second kappa shape index (κ2) is 8.71. The van der Waals surface area contributed by atoms with Gasteiger partial charge >= 0.3 is 0 Å². The van der Waals surface area contributed by atoms with Gasteiger partial charge in [0.1, 0.15) is 11.4 Å². The molecule has 0 fully saturated rings. The molecule has 0 aliphatic carbocycles. The van der Waals surface area contributed by atoms with Gasteiger partial charge in [-0.05, 0) is 56.2 Å². The van der Waals surface area contributed by atoms with Crippen molar-refractivity contribution in [2.75, 3.05) is 23.5 Å². The summed E-state index contributed by atoms with van der Waals surface area (Å²) in [5, 5.41) is 0. The van der Waals surface area contributed by atoms with Gasteiger partial charge in [-0.1, -0.05) is 54.1 Å². The number of likely N-dealkylation sites (N-methyl/N-ethyl adjacent to an activating group) is 1. The minimum atomic E-state index is -0.361. The Hall–Kier alpha value is -3.86. The van der Waals surface area contributed by atoms with Gasteiger partial charge < -0.3 is 9.64 Å². The number of aryl methyl sites for hydroxylation is 2. The zero-order chi connectivity index (χ0) is 22.8. The number of benzene rings is 3. The molecule has 1 aliphatic rings. The van der Waals surface area contributed by atoms with E-state index in [0.717, 1.165) is 22.4 Å². The molecule has 0 atom stereocenters. The lowest BCUT2D eigenvalue weighted by atomic mass is 9.97. The number of rotatable bonds is 6. The SMILES string of the molecule is CCN(C1=C(c2ccc(C)cc2C)C(=O)N(c2ccccc2OC)C1=O)c1ccccc1. The van der Waals surface area contributed by atoms with Gasteiger partial charge in [-0.2, -0.15) is 0 Å². The maximum atomic E-state index is 13.9. The van der Waals surface area contributed by atoms with Crippen LogP contribution in [0.2, 0.25) is 0 Å². The summed E-state index contributed by atoms with van der Waals surface area (Å²) < 4.78 is 5.46. The van der Waals surface area contributed by atoms with Crippen LogP contribution in [-0.4, -0.2) is 25.5 Å². The third-order valence-electron chi connectivity index (χ3n) is 5.69. The molecule has 162 valence electrons. The smallest absolute Gasteiger partial charge is 0.282 e. The number of hydrogen-bond donors (Lipinski definition) is 0. The molecule has 3 aromatic rings. The number of hydrogen-bond acceptors (Lipinski definition) is 4. The number of para-hydroxylation sites is 3. The van der Waals surface area contributed by atoms with E-state index in [1.54, 1.807) is 18.2 Å². The van der Waals surface area contributed by atoms with Crippen molar-refractivity contribution in [2.45, 2.75) is 20.8 Å². The molecule has 0 aromatic heterocycles. The highest BCUT2D eigenvalue weighted by Crippen LogP contribution is 2.40. The van der Waals surface area contributed by atoms with Crippen molar-refractivity contribution in [1.29, 1.82) is 0 Å². The standard InChI is InChI=1S/C27H26N2O3/c1-5-28(20-11-7-6-8-12-20)25-24(21-16-15-18(2)17-19(21)3)26(30)29(27(25)31)22-13-9-10-14-23(22)32-4/h6-17H,5H2,1-4H3. The van der Waals surface area contributed by atoms with Gasteiger partial charge in [0.2, 0.25) is 0 Å². The number of imide groups is 1. The first kappa shape index (κ1) is 21.4. The van der Waals surface area contributed by atoms with Gasteiger partial charge in [0, 0.05) is 12.2 Å². The van der Waals surface area contributed by atoms with Crippen molar-refractivity contribution in [2.24, 2.45) is 0 Å². The third-order valence-corrected chi connectivity index (χ3v) is 5.69. The monoisotopic (exact) mass is 426 g/mol. The molecule has 1 aliphatic heterocycles. The van der Waals surface area contributed by atoms with E-state index in [4.69, 9.17) is 4.74 Å². The van der Waals surface area contributed by atoms with Crippen molar-refractivity contribution >= 4 is 28.8 Å². The molecule has 4 rings (SSSR count). The summed E-state index contributed by atoms with van der Waals surface area (Å²) in [4.78, 5) is 30.9. The van der Waals surface area contributed by atoms with E-state index in [9.17, 15) is 9.59 Å². The van der Waals surface area contributed by atoms with Crippen molar-refractivity contribution < 1.29 is 14.3 Å². The lowest BCUT2D eigenvalue weighted by molar-refractivity contribution is -0.120. The number of nitrogens with zero attached hydrogens (tertiary/aromatic N) is 2. The van der Waals surface area contributed by atoms with E-state index in [1.807, 2.05) is 80.3 Å². The average molecular weight is 427 g/mol. The fourth-order valence-electron chi connectivity index (χ4n) is 4.22. The predicted molar refractivity (Wildman–Crippen MR) is 128 cm³/mol. The first-order chi connectivity index (χ1) is 15.5. The summed E-state index contributed by atoms with van der Waals surface area (Å²) in [6.45, 7) is 6.49. The van der Waals surface area contributed by atoms with E-state index in [2.05, 4.69) is 0 Å². The van der Waals surface area contributed by atoms with Gasteiger partial charge in [0.05, 0.1) is 18.4 Å². The normalized spacial score (nSPS) is 13.7. The van der Waals surface area contributed by atoms with Crippen molar-refractivity contribution in [3.63, 3.8) is 0 Å². The molecule has 2 amide bonds. The molecule has 0 bridgehead atoms. The van der Waals surface area contributed by atoms with Crippen LogP contribution < -0.4 is 14.5 Å². The van der Waals surface area contributed by atoms with Crippen LogP contribution in [0.25, 0.3) is 5.57 Å². The number of methoxy groups -OCH3 is 1. The molecule has 1 heterocycles. The zero-order valence-corrected chi connectivity index (χ0v) is 18.8. The van der Waals surface area contributed by atoms with Gasteiger partial charge in [0.15, 0.2) is 0 Å². The van der Waals surface area contributed by atoms with Crippen molar-refractivity contribution in [3.05, 3.63) is 95.2 Å². The predicted octanol–water partition coefficient (Wildman–Crippen LogP) is 5.12. The number of ether oxygens (including phenoxy) is 1. The van der Waals surface area contributed by atoms with Crippen LogP contribution in [0.5, 0.6) is 5.75 Å². The lowest BCUT2D eigenvalue weighted by Gasteiger charge is -2.25. The highest BCUT2D eigenvalue weighted by atomic mass is 16.5. The quantitative estimate of drug-likeness (QED) is 0.513. The number of anilines is 2. The second-order valence-electron chi connectivity index (χ2n) is 7.74. The van der Waals surface area contributed by atoms with E-state index in [0.29, 0.717) is 29.3 Å². The molecular weight excluding hydrogens is 400 g/mol. The Morgan fingerprint density at radius 3 is 2.22 bits per heavy atom. The molecule has 0 saturated carbocycles. The second-order valence-corrected chi connectivity index (χ2v) is 7.74. The molecule has 0 unspecified atom stereocenters. The maximum Gasteiger partial charge on any atom is 0.282 e. The summed E-state index contributed by atoms with van der Waals surface area (Å²) in [6, 6.07) is 22.7. The average Bonchev–Trinajstić information content (AvgIpc) is 3.05. The highest BCUT2D eigenvalue weighted by Gasteiger charge is 2.43. The minimum Gasteiger partial charge on any atom is -0.495 e. The molecule has 5 heteroatoms. The molecule has 0 N–H and O–H groups in total. The van der Waals surface area contributed by atoms with Crippen molar-refractivity contribution in [1.82, 2.24) is 0 Å². The number of amides is 2. The van der Waals surface area contributed by atoms with Gasteiger partial charge in [-0.25, -0.2) is 4.90 Å². The number of carbonyl (C=O) groups is 2. The van der Waals surface area contributed by atoms with E-state index in [1.165, 1.54) is 12.0 Å². The largest absolute Gasteiger partial charge is 0.495 e. The van der Waals surface area contributed by atoms with Crippen LogP contribution in [0.1, 0.15) is 23.6 Å². The van der Waals surface area contributed by atoms with Crippen LogP contribution in [-0.2, 0) is 9.59 Å². The first-order valence-corrected chi connectivity index (χ1v) is 10.6. The van der Waals surface area contributed by atoms with Gasteiger partial charge in [-0.15, -0.1) is 0 Å². The Morgan fingerprint density at radius 1 is 0.875 bits per heavy atom. The fourth-order valence-corrected chi connectivity index (χ4v) is 4.22. The summed E-state index contributed by atoms with van der Waals surface area (Å²) in [5.74, 6) is -0.241. The number of carbonyl (C=O) groups excluding carboxylic acids is 2. The first-order valence-electron chi connectivity index (χ1n) is 10.6. The fraction of sp³-hybridized carbons (Fsp3) is 0.185. The topological polar surface area (TPSA) is 49.9 Å². The minimum absolute atomic E-state index is 0.351. The highest BCUT2D eigenvalue weighted by molar-refractivity contribution is 6.46. The van der Waals surface area contributed by atoms with Gasteiger partial charge in [0.25, 0.3) is 11.8 Å². The molecule has 32 heavy (non-hydrogen) atoms. The van der Waals surface area contributed by atoms with Crippen LogP contribution in [0.4, 0.5) is 11.4 Å². The Kier molecular flexibility index (Phi) is 5.82.